The number of rotatable bonds is 4. The molecule has 4 nitrogen and oxygen atoms in total. The number of carboxylic acids is 1. The van der Waals surface area contributed by atoms with Crippen LogP contribution in [0.25, 0.3) is 0 Å². The first-order chi connectivity index (χ1) is 10.7. The lowest BCUT2D eigenvalue weighted by Crippen LogP contribution is -2.39. The van der Waals surface area contributed by atoms with Gasteiger partial charge < -0.3 is 10.2 Å². The fourth-order valence-corrected chi connectivity index (χ4v) is 3.21. The SMILES string of the molecule is O=C(O)[C@@H]1C[C@H](O)CN1C(c1ccccc1)c1ccccc1. The molecule has 0 spiro atoms. The fourth-order valence-electron chi connectivity index (χ4n) is 3.21. The van der Waals surface area contributed by atoms with Crippen molar-refractivity contribution in [2.75, 3.05) is 6.54 Å². The predicted octanol–water partition coefficient (Wildman–Crippen LogP) is 2.30. The van der Waals surface area contributed by atoms with Gasteiger partial charge in [0, 0.05) is 13.0 Å². The van der Waals surface area contributed by atoms with E-state index in [4.69, 9.17) is 0 Å². The fraction of sp³-hybridized carbons (Fsp3) is 0.278. The number of nitrogens with zero attached hydrogens (tertiary/aromatic N) is 1. The van der Waals surface area contributed by atoms with Gasteiger partial charge in [-0.25, -0.2) is 0 Å². The Morgan fingerprint density at radius 1 is 1.00 bits per heavy atom. The minimum Gasteiger partial charge on any atom is -0.480 e. The summed E-state index contributed by atoms with van der Waals surface area (Å²) in [7, 11) is 0. The van der Waals surface area contributed by atoms with Crippen LogP contribution in [0.15, 0.2) is 60.7 Å². The molecule has 0 unspecified atom stereocenters. The summed E-state index contributed by atoms with van der Waals surface area (Å²) >= 11 is 0. The smallest absolute Gasteiger partial charge is 0.321 e. The van der Waals surface area contributed by atoms with Crippen molar-refractivity contribution >= 4 is 5.97 Å². The molecule has 1 fully saturated rings. The van der Waals surface area contributed by atoms with Crippen molar-refractivity contribution in [1.82, 2.24) is 4.90 Å². The van der Waals surface area contributed by atoms with Gasteiger partial charge in [-0.15, -0.1) is 0 Å². The van der Waals surface area contributed by atoms with Crippen LogP contribution in [0.2, 0.25) is 0 Å². The molecule has 1 heterocycles. The van der Waals surface area contributed by atoms with Gasteiger partial charge in [-0.1, -0.05) is 60.7 Å². The third-order valence-electron chi connectivity index (χ3n) is 4.16. The Morgan fingerprint density at radius 2 is 1.50 bits per heavy atom. The first-order valence-corrected chi connectivity index (χ1v) is 7.43. The molecule has 114 valence electrons. The second kappa shape index (κ2) is 6.30. The zero-order valence-corrected chi connectivity index (χ0v) is 12.2. The predicted molar refractivity (Wildman–Crippen MR) is 83.5 cm³/mol. The van der Waals surface area contributed by atoms with E-state index in [9.17, 15) is 15.0 Å². The van der Waals surface area contributed by atoms with E-state index in [1.165, 1.54) is 0 Å². The molecule has 2 aromatic carbocycles. The number of hydrogen-bond donors (Lipinski definition) is 2. The highest BCUT2D eigenvalue weighted by Gasteiger charge is 2.40. The largest absolute Gasteiger partial charge is 0.480 e. The van der Waals surface area contributed by atoms with Crippen molar-refractivity contribution in [3.05, 3.63) is 71.8 Å². The molecular formula is C18H19NO3. The van der Waals surface area contributed by atoms with Gasteiger partial charge in [0.2, 0.25) is 0 Å². The number of carbonyl (C=O) groups is 1. The number of aliphatic hydroxyl groups excluding tert-OH is 1. The molecule has 2 atom stereocenters. The van der Waals surface area contributed by atoms with Gasteiger partial charge in [-0.2, -0.15) is 0 Å². The van der Waals surface area contributed by atoms with Crippen molar-refractivity contribution in [1.29, 1.82) is 0 Å². The summed E-state index contributed by atoms with van der Waals surface area (Å²) in [6, 6.07) is 18.9. The average molecular weight is 297 g/mol. The van der Waals surface area contributed by atoms with Crippen molar-refractivity contribution in [3.63, 3.8) is 0 Å². The van der Waals surface area contributed by atoms with Crippen LogP contribution < -0.4 is 0 Å². The van der Waals surface area contributed by atoms with E-state index >= 15 is 0 Å². The van der Waals surface area contributed by atoms with Gasteiger partial charge in [0.05, 0.1) is 12.1 Å². The van der Waals surface area contributed by atoms with Crippen LogP contribution in [-0.2, 0) is 4.79 Å². The summed E-state index contributed by atoms with van der Waals surface area (Å²) in [5.41, 5.74) is 2.07. The summed E-state index contributed by atoms with van der Waals surface area (Å²) < 4.78 is 0. The second-order valence-electron chi connectivity index (χ2n) is 5.66. The van der Waals surface area contributed by atoms with E-state index in [-0.39, 0.29) is 12.5 Å². The number of β-amino-alcohol motifs (C(OH)–C–C–N with tert-alkyl or cyclic N) is 1. The average Bonchev–Trinajstić information content (AvgIpc) is 2.92. The molecule has 0 aliphatic carbocycles. The molecule has 4 heteroatoms. The molecule has 1 aliphatic rings. The maximum Gasteiger partial charge on any atom is 0.321 e. The van der Waals surface area contributed by atoms with Gasteiger partial charge >= 0.3 is 5.97 Å². The topological polar surface area (TPSA) is 60.8 Å². The van der Waals surface area contributed by atoms with Crippen molar-refractivity contribution in [3.8, 4) is 0 Å². The minimum absolute atomic E-state index is 0.166. The zero-order chi connectivity index (χ0) is 15.5. The normalized spacial score (nSPS) is 22.1. The van der Waals surface area contributed by atoms with Crippen molar-refractivity contribution in [2.45, 2.75) is 24.6 Å². The molecule has 1 aliphatic heterocycles. The lowest BCUT2D eigenvalue weighted by atomic mass is 9.96. The molecule has 2 aromatic rings. The number of aliphatic hydroxyl groups is 1. The van der Waals surface area contributed by atoms with Crippen LogP contribution >= 0.6 is 0 Å². The quantitative estimate of drug-likeness (QED) is 0.909. The summed E-state index contributed by atoms with van der Waals surface area (Å²) in [5, 5.41) is 19.4. The standard InChI is InChI=1S/C18H19NO3/c20-15-11-16(18(21)22)19(12-15)17(13-7-3-1-4-8-13)14-9-5-2-6-10-14/h1-10,15-17,20H,11-12H2,(H,21,22)/t15-,16-/m0/s1. The monoisotopic (exact) mass is 297 g/mol. The Bertz CT molecular complexity index is 590. The van der Waals surface area contributed by atoms with Crippen molar-refractivity contribution < 1.29 is 15.0 Å². The molecule has 3 rings (SSSR count). The Balaban J connectivity index is 2.04. The van der Waals surface area contributed by atoms with Gasteiger partial charge in [0.25, 0.3) is 0 Å². The van der Waals surface area contributed by atoms with E-state index in [0.29, 0.717) is 6.54 Å². The summed E-state index contributed by atoms with van der Waals surface area (Å²) in [4.78, 5) is 13.5. The Labute approximate surface area is 129 Å². The molecular weight excluding hydrogens is 278 g/mol. The highest BCUT2D eigenvalue weighted by Crippen LogP contribution is 2.34. The number of aliphatic carboxylic acids is 1. The summed E-state index contributed by atoms with van der Waals surface area (Å²) in [6.07, 6.45) is -0.332. The van der Waals surface area contributed by atoms with Gasteiger partial charge in [0.1, 0.15) is 6.04 Å². The van der Waals surface area contributed by atoms with Gasteiger partial charge in [-0.05, 0) is 11.1 Å². The molecule has 0 aromatic heterocycles. The van der Waals surface area contributed by atoms with E-state index in [1.54, 1.807) is 0 Å². The Kier molecular flexibility index (Phi) is 4.22. The second-order valence-corrected chi connectivity index (χ2v) is 5.66. The first-order valence-electron chi connectivity index (χ1n) is 7.43. The molecule has 2 N–H and O–H groups in total. The maximum atomic E-state index is 11.6. The zero-order valence-electron chi connectivity index (χ0n) is 12.2. The number of benzene rings is 2. The van der Waals surface area contributed by atoms with Crippen LogP contribution in [0, 0.1) is 0 Å². The lowest BCUT2D eigenvalue weighted by Gasteiger charge is -2.31. The molecule has 0 radical (unpaired) electrons. The van der Waals surface area contributed by atoms with Crippen LogP contribution in [0.1, 0.15) is 23.6 Å². The highest BCUT2D eigenvalue weighted by atomic mass is 16.4. The first kappa shape index (κ1) is 14.8. The molecule has 0 amide bonds. The van der Waals surface area contributed by atoms with Crippen LogP contribution in [-0.4, -0.2) is 39.8 Å². The molecule has 1 saturated heterocycles. The number of carboxylic acid groups (broad SMARTS) is 1. The molecule has 0 saturated carbocycles. The third-order valence-corrected chi connectivity index (χ3v) is 4.16. The van der Waals surface area contributed by atoms with E-state index in [2.05, 4.69) is 0 Å². The van der Waals surface area contributed by atoms with Crippen LogP contribution in [0.5, 0.6) is 0 Å². The molecule has 22 heavy (non-hydrogen) atoms. The van der Waals surface area contributed by atoms with E-state index < -0.39 is 18.1 Å². The van der Waals surface area contributed by atoms with Gasteiger partial charge in [-0.3, -0.25) is 9.69 Å². The van der Waals surface area contributed by atoms with E-state index in [1.807, 2.05) is 65.6 Å². The summed E-state index contributed by atoms with van der Waals surface area (Å²) in [5.74, 6) is -0.881. The Hall–Kier alpha value is -2.17. The van der Waals surface area contributed by atoms with Crippen LogP contribution in [0.3, 0.4) is 0 Å². The van der Waals surface area contributed by atoms with Crippen molar-refractivity contribution in [2.24, 2.45) is 0 Å². The van der Waals surface area contributed by atoms with Gasteiger partial charge in [0.15, 0.2) is 0 Å². The minimum atomic E-state index is -0.881. The third kappa shape index (κ3) is 2.89. The van der Waals surface area contributed by atoms with Crippen LogP contribution in [0.4, 0.5) is 0 Å². The summed E-state index contributed by atoms with van der Waals surface area (Å²) in [6.45, 7) is 0.366. The lowest BCUT2D eigenvalue weighted by molar-refractivity contribution is -0.142. The maximum absolute atomic E-state index is 11.6. The Morgan fingerprint density at radius 3 is 1.95 bits per heavy atom. The highest BCUT2D eigenvalue weighted by molar-refractivity contribution is 5.74. The number of hydrogen-bond acceptors (Lipinski definition) is 3. The van der Waals surface area contributed by atoms with E-state index in [0.717, 1.165) is 11.1 Å². The number of likely N-dealkylation sites (tertiary alicyclic amines) is 1. The molecule has 0 bridgehead atoms.